The average molecular weight is 191 g/mol. The molecular weight excluding hydrogens is 178 g/mol. The number of nitrogens with two attached hydrogens (primary N) is 1. The number of amides is 1. The molecular formula is C11H13NO2. The number of carbonyl (C=O) groups excluding carboxylic acids is 2. The van der Waals surface area contributed by atoms with Gasteiger partial charge in [-0.3, -0.25) is 9.59 Å². The van der Waals surface area contributed by atoms with E-state index in [1.807, 2.05) is 19.1 Å². The Kier molecular flexibility index (Phi) is 3.02. The van der Waals surface area contributed by atoms with E-state index >= 15 is 0 Å². The fraction of sp³-hybridized carbons (Fsp3) is 0.273. The molecule has 0 radical (unpaired) electrons. The van der Waals surface area contributed by atoms with Gasteiger partial charge in [0.2, 0.25) is 5.91 Å². The van der Waals surface area contributed by atoms with Crippen LogP contribution in [0.1, 0.15) is 24.0 Å². The minimum Gasteiger partial charge on any atom is -0.369 e. The van der Waals surface area contributed by atoms with Gasteiger partial charge >= 0.3 is 0 Å². The van der Waals surface area contributed by atoms with E-state index in [-0.39, 0.29) is 5.78 Å². The van der Waals surface area contributed by atoms with E-state index in [9.17, 15) is 9.59 Å². The maximum absolute atomic E-state index is 11.2. The van der Waals surface area contributed by atoms with E-state index in [0.717, 1.165) is 5.56 Å². The number of rotatable bonds is 3. The second kappa shape index (κ2) is 4.05. The largest absolute Gasteiger partial charge is 0.369 e. The maximum Gasteiger partial charge on any atom is 0.232 e. The Bertz CT molecular complexity index is 340. The van der Waals surface area contributed by atoms with E-state index in [2.05, 4.69) is 0 Å². The number of ketones is 1. The number of aryl methyl sites for hydroxylation is 1. The molecule has 74 valence electrons. The molecule has 1 aromatic carbocycles. The van der Waals surface area contributed by atoms with Gasteiger partial charge in [0.15, 0.2) is 0 Å². The van der Waals surface area contributed by atoms with Crippen LogP contribution in [0.25, 0.3) is 0 Å². The van der Waals surface area contributed by atoms with Gasteiger partial charge in [-0.05, 0) is 19.4 Å². The van der Waals surface area contributed by atoms with Crippen LogP contribution in [-0.4, -0.2) is 11.7 Å². The summed E-state index contributed by atoms with van der Waals surface area (Å²) in [5.74, 6) is -1.63. The second-order valence-electron chi connectivity index (χ2n) is 3.36. The first kappa shape index (κ1) is 10.4. The first-order chi connectivity index (χ1) is 6.52. The molecule has 1 rings (SSSR count). The van der Waals surface area contributed by atoms with E-state index in [0.29, 0.717) is 5.56 Å². The summed E-state index contributed by atoms with van der Waals surface area (Å²) in [6.45, 7) is 3.31. The van der Waals surface area contributed by atoms with Crippen LogP contribution >= 0.6 is 0 Å². The first-order valence-corrected chi connectivity index (χ1v) is 4.38. The van der Waals surface area contributed by atoms with Crippen LogP contribution in [0.15, 0.2) is 24.3 Å². The lowest BCUT2D eigenvalue weighted by Gasteiger charge is -2.09. The number of carbonyl (C=O) groups is 2. The third-order valence-electron chi connectivity index (χ3n) is 2.10. The Labute approximate surface area is 82.9 Å². The highest BCUT2D eigenvalue weighted by atomic mass is 16.2. The summed E-state index contributed by atoms with van der Waals surface area (Å²) < 4.78 is 0. The van der Waals surface area contributed by atoms with E-state index < -0.39 is 11.8 Å². The summed E-state index contributed by atoms with van der Waals surface area (Å²) in [4.78, 5) is 22.2. The van der Waals surface area contributed by atoms with Gasteiger partial charge in [0, 0.05) is 0 Å². The Morgan fingerprint density at radius 1 is 1.21 bits per heavy atom. The van der Waals surface area contributed by atoms with E-state index in [1.54, 1.807) is 12.1 Å². The number of hydrogen-bond donors (Lipinski definition) is 1. The number of benzene rings is 1. The van der Waals surface area contributed by atoms with Crippen molar-refractivity contribution in [2.45, 2.75) is 19.8 Å². The molecule has 0 spiro atoms. The van der Waals surface area contributed by atoms with Crippen molar-refractivity contribution < 1.29 is 9.59 Å². The molecule has 1 amide bonds. The molecule has 0 aliphatic heterocycles. The molecule has 0 aliphatic carbocycles. The summed E-state index contributed by atoms with van der Waals surface area (Å²) in [7, 11) is 0. The molecule has 2 N–H and O–H groups in total. The molecule has 1 aromatic rings. The number of primary amides is 1. The van der Waals surface area contributed by atoms with Gasteiger partial charge in [-0.25, -0.2) is 0 Å². The summed E-state index contributed by atoms with van der Waals surface area (Å²) in [5.41, 5.74) is 6.89. The van der Waals surface area contributed by atoms with Gasteiger partial charge in [-0.15, -0.1) is 0 Å². The van der Waals surface area contributed by atoms with Gasteiger partial charge in [0.25, 0.3) is 0 Å². The average Bonchev–Trinajstić information content (AvgIpc) is 2.07. The molecule has 0 bridgehead atoms. The van der Waals surface area contributed by atoms with Crippen molar-refractivity contribution >= 4 is 11.7 Å². The molecule has 14 heavy (non-hydrogen) atoms. The molecule has 0 unspecified atom stereocenters. The van der Waals surface area contributed by atoms with Crippen LogP contribution in [-0.2, 0) is 9.59 Å². The lowest BCUT2D eigenvalue weighted by atomic mass is 9.94. The monoisotopic (exact) mass is 191 g/mol. The first-order valence-electron chi connectivity index (χ1n) is 4.38. The van der Waals surface area contributed by atoms with Crippen molar-refractivity contribution in [1.82, 2.24) is 0 Å². The van der Waals surface area contributed by atoms with Crippen LogP contribution in [0, 0.1) is 6.92 Å². The lowest BCUT2D eigenvalue weighted by Crippen LogP contribution is -2.26. The van der Waals surface area contributed by atoms with E-state index in [4.69, 9.17) is 5.73 Å². The van der Waals surface area contributed by atoms with Crippen molar-refractivity contribution in [1.29, 1.82) is 0 Å². The summed E-state index contributed by atoms with van der Waals surface area (Å²) in [5, 5.41) is 0. The predicted molar refractivity (Wildman–Crippen MR) is 53.8 cm³/mol. The molecule has 0 saturated heterocycles. The highest BCUT2D eigenvalue weighted by molar-refractivity contribution is 6.04. The summed E-state index contributed by atoms with van der Waals surface area (Å²) in [6.07, 6.45) is 0. The van der Waals surface area contributed by atoms with Crippen LogP contribution < -0.4 is 5.73 Å². The van der Waals surface area contributed by atoms with E-state index in [1.165, 1.54) is 6.92 Å². The number of hydrogen-bond acceptors (Lipinski definition) is 2. The van der Waals surface area contributed by atoms with Crippen LogP contribution in [0.4, 0.5) is 0 Å². The molecule has 0 aromatic heterocycles. The Morgan fingerprint density at radius 2 is 1.71 bits per heavy atom. The zero-order chi connectivity index (χ0) is 10.7. The minimum atomic E-state index is -0.810. The van der Waals surface area contributed by atoms with Crippen molar-refractivity contribution in [2.75, 3.05) is 0 Å². The van der Waals surface area contributed by atoms with Gasteiger partial charge < -0.3 is 5.73 Å². The molecule has 0 aliphatic rings. The lowest BCUT2D eigenvalue weighted by molar-refractivity contribution is -0.127. The van der Waals surface area contributed by atoms with Crippen molar-refractivity contribution in [2.24, 2.45) is 5.73 Å². The van der Waals surface area contributed by atoms with Crippen molar-refractivity contribution in [3.63, 3.8) is 0 Å². The van der Waals surface area contributed by atoms with Crippen LogP contribution in [0.5, 0.6) is 0 Å². The molecule has 0 heterocycles. The molecule has 0 fully saturated rings. The fourth-order valence-corrected chi connectivity index (χ4v) is 1.36. The van der Waals surface area contributed by atoms with Crippen molar-refractivity contribution in [3.8, 4) is 0 Å². The maximum atomic E-state index is 11.2. The minimum absolute atomic E-state index is 0.221. The standard InChI is InChI=1S/C11H13NO2/c1-7-3-5-9(6-4-7)10(8(2)13)11(12)14/h3-6,10H,1-2H3,(H2,12,14)/t10-/m1/s1. The third kappa shape index (κ3) is 2.19. The van der Waals surface area contributed by atoms with Gasteiger partial charge in [0.1, 0.15) is 11.7 Å². The SMILES string of the molecule is CC(=O)[C@@H](C(N)=O)c1ccc(C)cc1. The molecule has 0 saturated carbocycles. The molecule has 3 nitrogen and oxygen atoms in total. The zero-order valence-corrected chi connectivity index (χ0v) is 8.28. The normalized spacial score (nSPS) is 12.1. The predicted octanol–water partition coefficient (Wildman–Crippen LogP) is 1.15. The molecule has 3 heteroatoms. The smallest absolute Gasteiger partial charge is 0.232 e. The van der Waals surface area contributed by atoms with Crippen LogP contribution in [0.2, 0.25) is 0 Å². The highest BCUT2D eigenvalue weighted by Crippen LogP contribution is 2.16. The summed E-state index contributed by atoms with van der Waals surface area (Å²) >= 11 is 0. The molecule has 1 atom stereocenters. The van der Waals surface area contributed by atoms with Gasteiger partial charge in [-0.2, -0.15) is 0 Å². The van der Waals surface area contributed by atoms with Gasteiger partial charge in [-0.1, -0.05) is 29.8 Å². The zero-order valence-electron chi connectivity index (χ0n) is 8.28. The summed E-state index contributed by atoms with van der Waals surface area (Å²) in [6, 6.07) is 7.22. The fourth-order valence-electron chi connectivity index (χ4n) is 1.36. The van der Waals surface area contributed by atoms with Crippen LogP contribution in [0.3, 0.4) is 0 Å². The van der Waals surface area contributed by atoms with Gasteiger partial charge in [0.05, 0.1) is 0 Å². The Hall–Kier alpha value is -1.64. The van der Waals surface area contributed by atoms with Crippen molar-refractivity contribution in [3.05, 3.63) is 35.4 Å². The quantitative estimate of drug-likeness (QED) is 0.728. The second-order valence-corrected chi connectivity index (χ2v) is 3.36. The number of Topliss-reactive ketones (excluding diaryl/α,β-unsaturated/α-hetero) is 1. The Balaban J connectivity index is 3.06. The topological polar surface area (TPSA) is 60.2 Å². The Morgan fingerprint density at radius 3 is 2.07 bits per heavy atom. The highest BCUT2D eigenvalue weighted by Gasteiger charge is 2.22. The third-order valence-corrected chi connectivity index (χ3v) is 2.10.